The number of tetrazole rings is 1. The van der Waals surface area contributed by atoms with Gasteiger partial charge in [-0.1, -0.05) is 6.07 Å². The molecule has 0 bridgehead atoms. The van der Waals surface area contributed by atoms with Crippen LogP contribution in [0.2, 0.25) is 0 Å². The van der Waals surface area contributed by atoms with E-state index in [0.717, 1.165) is 14.6 Å². The Morgan fingerprint density at radius 3 is 2.48 bits per heavy atom. The van der Waals surface area contributed by atoms with Crippen LogP contribution in [0.5, 0.6) is 0 Å². The minimum atomic E-state index is -0.506. The van der Waals surface area contributed by atoms with Crippen molar-refractivity contribution in [3.05, 3.63) is 51.2 Å². The van der Waals surface area contributed by atoms with Crippen LogP contribution in [-0.4, -0.2) is 20.2 Å². The molecular weight excluding hydrogens is 405 g/mol. The number of para-hydroxylation sites is 1. The van der Waals surface area contributed by atoms with Gasteiger partial charge < -0.3 is 5.73 Å². The minimum Gasteiger partial charge on any atom is -0.396 e. The van der Waals surface area contributed by atoms with Crippen LogP contribution >= 0.6 is 31.9 Å². The van der Waals surface area contributed by atoms with Gasteiger partial charge in [-0.3, -0.25) is 0 Å². The number of nitrogens with two attached hydrogens (primary N) is 1. The number of rotatable bonds is 2. The fourth-order valence-corrected chi connectivity index (χ4v) is 3.21. The minimum absolute atomic E-state index is 0.0832. The number of halogens is 3. The average molecular weight is 413 g/mol. The second kappa shape index (κ2) is 5.53. The maximum absolute atomic E-state index is 13.6. The number of nitrogen functional groups attached to an aromatic ring is 1. The lowest BCUT2D eigenvalue weighted by Gasteiger charge is -2.09. The van der Waals surface area contributed by atoms with Crippen molar-refractivity contribution in [3.63, 3.8) is 0 Å². The van der Waals surface area contributed by atoms with Gasteiger partial charge in [0.15, 0.2) is 5.82 Å². The lowest BCUT2D eigenvalue weighted by Crippen LogP contribution is -2.02. The molecule has 2 aromatic carbocycles. The number of hydrogen-bond acceptors (Lipinski definition) is 4. The van der Waals surface area contributed by atoms with Gasteiger partial charge in [0.1, 0.15) is 5.82 Å². The van der Waals surface area contributed by atoms with Crippen molar-refractivity contribution in [1.82, 2.24) is 20.2 Å². The maximum Gasteiger partial charge on any atom is 0.187 e. The Balaban J connectivity index is 2.20. The second-order valence-electron chi connectivity index (χ2n) is 4.22. The summed E-state index contributed by atoms with van der Waals surface area (Å²) in [5.74, 6) is -0.0882. The third-order valence-electron chi connectivity index (χ3n) is 2.88. The molecule has 0 aliphatic rings. The predicted molar refractivity (Wildman–Crippen MR) is 84.4 cm³/mol. The molecule has 21 heavy (non-hydrogen) atoms. The molecule has 2 N–H and O–H groups in total. The summed E-state index contributed by atoms with van der Waals surface area (Å²) in [6, 6.07) is 10.1. The first-order valence-electron chi connectivity index (χ1n) is 5.86. The van der Waals surface area contributed by atoms with E-state index in [9.17, 15) is 4.39 Å². The molecule has 0 saturated carbocycles. The first kappa shape index (κ1) is 14.2. The van der Waals surface area contributed by atoms with E-state index in [4.69, 9.17) is 5.73 Å². The molecule has 1 aromatic heterocycles. The molecule has 3 aromatic rings. The van der Waals surface area contributed by atoms with Gasteiger partial charge in [-0.15, -0.1) is 5.10 Å². The molecule has 0 unspecified atom stereocenters. The number of anilines is 1. The van der Waals surface area contributed by atoms with Gasteiger partial charge in [0.25, 0.3) is 0 Å². The Kier molecular flexibility index (Phi) is 3.73. The van der Waals surface area contributed by atoms with Crippen LogP contribution in [0, 0.1) is 5.82 Å². The highest BCUT2D eigenvalue weighted by Gasteiger charge is 2.16. The Bertz CT molecular complexity index is 798. The maximum atomic E-state index is 13.6. The van der Waals surface area contributed by atoms with Crippen LogP contribution in [-0.2, 0) is 0 Å². The quantitative estimate of drug-likeness (QED) is 0.653. The normalized spacial score (nSPS) is 10.8. The molecule has 0 spiro atoms. The van der Waals surface area contributed by atoms with Gasteiger partial charge in [0.2, 0.25) is 0 Å². The summed E-state index contributed by atoms with van der Waals surface area (Å²) in [5.41, 5.74) is 6.84. The van der Waals surface area contributed by atoms with Gasteiger partial charge in [-0.25, -0.2) is 4.39 Å². The molecule has 0 radical (unpaired) electrons. The topological polar surface area (TPSA) is 69.6 Å². The zero-order valence-electron chi connectivity index (χ0n) is 10.5. The zero-order chi connectivity index (χ0) is 15.0. The van der Waals surface area contributed by atoms with E-state index in [-0.39, 0.29) is 5.69 Å². The van der Waals surface area contributed by atoms with Crippen molar-refractivity contribution < 1.29 is 4.39 Å². The Morgan fingerprint density at radius 2 is 1.81 bits per heavy atom. The highest BCUT2D eigenvalue weighted by atomic mass is 79.9. The standard InChI is InChI=1S/C13H8Br2FN5/c14-8-2-1-3-9(15)12(8)21-13(18-19-20-21)7-4-5-11(17)10(16)6-7/h1-6H,17H2. The fourth-order valence-electron chi connectivity index (χ4n) is 1.88. The first-order valence-corrected chi connectivity index (χ1v) is 7.44. The van der Waals surface area contributed by atoms with E-state index in [1.54, 1.807) is 6.07 Å². The summed E-state index contributed by atoms with van der Waals surface area (Å²) in [6.45, 7) is 0. The van der Waals surface area contributed by atoms with Crippen LogP contribution in [0.15, 0.2) is 45.3 Å². The highest BCUT2D eigenvalue weighted by Crippen LogP contribution is 2.31. The van der Waals surface area contributed by atoms with Crippen molar-refractivity contribution in [2.75, 3.05) is 5.73 Å². The molecule has 0 fully saturated rings. The molecular formula is C13H8Br2FN5. The molecule has 8 heteroatoms. The third-order valence-corrected chi connectivity index (χ3v) is 4.16. The molecule has 0 atom stereocenters. The Morgan fingerprint density at radius 1 is 1.10 bits per heavy atom. The highest BCUT2D eigenvalue weighted by molar-refractivity contribution is 9.11. The van der Waals surface area contributed by atoms with Gasteiger partial charge >= 0.3 is 0 Å². The van der Waals surface area contributed by atoms with Crippen LogP contribution in [0.3, 0.4) is 0 Å². The van der Waals surface area contributed by atoms with E-state index in [1.807, 2.05) is 18.2 Å². The number of aromatic nitrogens is 4. The van der Waals surface area contributed by atoms with E-state index in [1.165, 1.54) is 16.8 Å². The zero-order valence-corrected chi connectivity index (χ0v) is 13.6. The van der Waals surface area contributed by atoms with Crippen molar-refractivity contribution in [2.24, 2.45) is 0 Å². The Labute approximate surface area is 136 Å². The Hall–Kier alpha value is -1.80. The van der Waals surface area contributed by atoms with Crippen LogP contribution in [0.1, 0.15) is 0 Å². The molecule has 0 aliphatic carbocycles. The number of nitrogens with zero attached hydrogens (tertiary/aromatic N) is 4. The van der Waals surface area contributed by atoms with E-state index >= 15 is 0 Å². The molecule has 0 amide bonds. The van der Waals surface area contributed by atoms with Gasteiger partial charge in [0, 0.05) is 14.5 Å². The molecule has 0 saturated heterocycles. The van der Waals surface area contributed by atoms with Gasteiger partial charge in [0.05, 0.1) is 11.4 Å². The molecule has 0 aliphatic heterocycles. The van der Waals surface area contributed by atoms with Gasteiger partial charge in [-0.2, -0.15) is 4.68 Å². The third kappa shape index (κ3) is 2.56. The van der Waals surface area contributed by atoms with Crippen molar-refractivity contribution in [1.29, 1.82) is 0 Å². The van der Waals surface area contributed by atoms with Crippen molar-refractivity contribution >= 4 is 37.5 Å². The van der Waals surface area contributed by atoms with E-state index < -0.39 is 5.82 Å². The van der Waals surface area contributed by atoms with Crippen LogP contribution in [0.25, 0.3) is 17.1 Å². The number of hydrogen-bond donors (Lipinski definition) is 1. The molecule has 5 nitrogen and oxygen atoms in total. The molecule has 106 valence electrons. The lowest BCUT2D eigenvalue weighted by atomic mass is 10.2. The summed E-state index contributed by atoms with van der Waals surface area (Å²) in [5, 5.41) is 11.6. The average Bonchev–Trinajstić information content (AvgIpc) is 2.91. The van der Waals surface area contributed by atoms with E-state index in [2.05, 4.69) is 47.4 Å². The summed E-state index contributed by atoms with van der Waals surface area (Å²) in [4.78, 5) is 0. The lowest BCUT2D eigenvalue weighted by molar-refractivity contribution is 0.632. The number of benzene rings is 2. The fraction of sp³-hybridized carbons (Fsp3) is 0. The monoisotopic (exact) mass is 411 g/mol. The molecule has 3 rings (SSSR count). The van der Waals surface area contributed by atoms with Gasteiger partial charge in [-0.05, 0) is 72.6 Å². The summed E-state index contributed by atoms with van der Waals surface area (Å²) < 4.78 is 16.8. The summed E-state index contributed by atoms with van der Waals surface area (Å²) >= 11 is 6.92. The van der Waals surface area contributed by atoms with Crippen molar-refractivity contribution in [2.45, 2.75) is 0 Å². The largest absolute Gasteiger partial charge is 0.396 e. The summed E-state index contributed by atoms with van der Waals surface area (Å²) in [6.07, 6.45) is 0. The predicted octanol–water partition coefficient (Wildman–Crippen LogP) is 3.58. The van der Waals surface area contributed by atoms with E-state index in [0.29, 0.717) is 11.4 Å². The smallest absolute Gasteiger partial charge is 0.187 e. The van der Waals surface area contributed by atoms with Crippen molar-refractivity contribution in [3.8, 4) is 17.1 Å². The SMILES string of the molecule is Nc1ccc(-c2nnnn2-c2c(Br)cccc2Br)cc1F. The first-order chi connectivity index (χ1) is 10.1. The summed E-state index contributed by atoms with van der Waals surface area (Å²) in [7, 11) is 0. The van der Waals surface area contributed by atoms with Crippen LogP contribution in [0.4, 0.5) is 10.1 Å². The van der Waals surface area contributed by atoms with Crippen LogP contribution < -0.4 is 5.73 Å². The second-order valence-corrected chi connectivity index (χ2v) is 5.93. The molecule has 1 heterocycles.